The van der Waals surface area contributed by atoms with Gasteiger partial charge >= 0.3 is 0 Å². The number of nitrogens with one attached hydrogen (secondary N) is 2. The molecule has 0 aliphatic carbocycles. The SMILES string of the molecule is COc1ccc(CCNS(=O)(=O)c2ccc(OCC(=O)Nc3ccc(C)cc3C)cc2)cc1OC. The van der Waals surface area contributed by atoms with Crippen LogP contribution in [-0.2, 0) is 21.2 Å². The van der Waals surface area contributed by atoms with Crippen molar-refractivity contribution in [2.45, 2.75) is 25.2 Å². The van der Waals surface area contributed by atoms with Crippen molar-refractivity contribution in [1.29, 1.82) is 0 Å². The molecule has 9 heteroatoms. The molecule has 2 N–H and O–H groups in total. The van der Waals surface area contributed by atoms with Gasteiger partial charge in [-0.25, -0.2) is 13.1 Å². The Bertz CT molecular complexity index is 1270. The zero-order chi connectivity index (χ0) is 25.4. The Kier molecular flexibility index (Phi) is 8.73. The van der Waals surface area contributed by atoms with E-state index in [0.29, 0.717) is 23.7 Å². The molecule has 1 amide bonds. The van der Waals surface area contributed by atoms with Gasteiger partial charge in [-0.2, -0.15) is 0 Å². The third kappa shape index (κ3) is 7.21. The second-order valence-corrected chi connectivity index (χ2v) is 9.73. The van der Waals surface area contributed by atoms with Gasteiger partial charge in [0.1, 0.15) is 5.75 Å². The molecule has 0 saturated carbocycles. The molecule has 3 aromatic rings. The molecule has 0 aliphatic heterocycles. The van der Waals surface area contributed by atoms with E-state index in [-0.39, 0.29) is 24.0 Å². The highest BCUT2D eigenvalue weighted by Crippen LogP contribution is 2.27. The summed E-state index contributed by atoms with van der Waals surface area (Å²) in [6.07, 6.45) is 0.482. The minimum absolute atomic E-state index is 0.108. The van der Waals surface area contributed by atoms with Gasteiger partial charge in [-0.15, -0.1) is 0 Å². The average Bonchev–Trinajstić information content (AvgIpc) is 2.84. The van der Waals surface area contributed by atoms with Crippen LogP contribution in [0.5, 0.6) is 17.2 Å². The van der Waals surface area contributed by atoms with Crippen molar-refractivity contribution in [3.8, 4) is 17.2 Å². The van der Waals surface area contributed by atoms with Crippen molar-refractivity contribution >= 4 is 21.6 Å². The molecule has 0 fully saturated rings. The fraction of sp³-hybridized carbons (Fsp3) is 0.269. The number of ether oxygens (including phenoxy) is 3. The third-order valence-electron chi connectivity index (χ3n) is 5.31. The first-order chi connectivity index (χ1) is 16.7. The van der Waals surface area contributed by atoms with E-state index in [1.54, 1.807) is 20.3 Å². The topological polar surface area (TPSA) is 103 Å². The summed E-state index contributed by atoms with van der Waals surface area (Å²) >= 11 is 0. The predicted molar refractivity (Wildman–Crippen MR) is 135 cm³/mol. The molecule has 0 aliphatic rings. The van der Waals surface area contributed by atoms with E-state index in [1.165, 1.54) is 24.3 Å². The van der Waals surface area contributed by atoms with Crippen LogP contribution in [0.3, 0.4) is 0 Å². The summed E-state index contributed by atoms with van der Waals surface area (Å²) in [4.78, 5) is 12.3. The molecule has 3 rings (SSSR count). The van der Waals surface area contributed by atoms with Crippen molar-refractivity contribution in [2.24, 2.45) is 0 Å². The Morgan fingerprint density at radius 3 is 2.26 bits per heavy atom. The van der Waals surface area contributed by atoms with Crippen LogP contribution in [0.2, 0.25) is 0 Å². The van der Waals surface area contributed by atoms with Crippen LogP contribution in [-0.4, -0.2) is 41.7 Å². The average molecular weight is 499 g/mol. The number of hydrogen-bond donors (Lipinski definition) is 2. The number of aryl methyl sites for hydroxylation is 2. The maximum atomic E-state index is 12.6. The van der Waals surface area contributed by atoms with Crippen LogP contribution in [0.15, 0.2) is 65.6 Å². The quantitative estimate of drug-likeness (QED) is 0.416. The summed E-state index contributed by atoms with van der Waals surface area (Å²) in [7, 11) is -0.588. The van der Waals surface area contributed by atoms with Crippen LogP contribution < -0.4 is 24.2 Å². The zero-order valence-corrected chi connectivity index (χ0v) is 21.1. The van der Waals surface area contributed by atoms with Gasteiger partial charge in [0.05, 0.1) is 19.1 Å². The number of benzene rings is 3. The van der Waals surface area contributed by atoms with E-state index >= 15 is 0 Å². The molecular weight excluding hydrogens is 468 g/mol. The number of carbonyl (C=O) groups is 1. The predicted octanol–water partition coefficient (Wildman–Crippen LogP) is 3.86. The lowest BCUT2D eigenvalue weighted by atomic mass is 10.1. The summed E-state index contributed by atoms with van der Waals surface area (Å²) in [6, 6.07) is 17.1. The highest BCUT2D eigenvalue weighted by atomic mass is 32.2. The van der Waals surface area contributed by atoms with Crippen LogP contribution in [0, 0.1) is 13.8 Å². The molecule has 0 atom stereocenters. The molecule has 0 saturated heterocycles. The Balaban J connectivity index is 1.51. The van der Waals surface area contributed by atoms with Crippen LogP contribution >= 0.6 is 0 Å². The maximum absolute atomic E-state index is 12.6. The van der Waals surface area contributed by atoms with Gasteiger partial charge in [0.15, 0.2) is 18.1 Å². The first-order valence-electron chi connectivity index (χ1n) is 11.0. The van der Waals surface area contributed by atoms with E-state index in [4.69, 9.17) is 14.2 Å². The van der Waals surface area contributed by atoms with E-state index < -0.39 is 10.0 Å². The normalized spacial score (nSPS) is 11.1. The number of carbonyl (C=O) groups excluding carboxylic acids is 1. The lowest BCUT2D eigenvalue weighted by Crippen LogP contribution is -2.26. The second-order valence-electron chi connectivity index (χ2n) is 7.96. The van der Waals surface area contributed by atoms with Crippen LogP contribution in [0.1, 0.15) is 16.7 Å². The third-order valence-corrected chi connectivity index (χ3v) is 6.79. The van der Waals surface area contributed by atoms with Crippen molar-refractivity contribution in [1.82, 2.24) is 4.72 Å². The largest absolute Gasteiger partial charge is 0.493 e. The molecule has 0 radical (unpaired) electrons. The number of rotatable bonds is 11. The lowest BCUT2D eigenvalue weighted by molar-refractivity contribution is -0.118. The smallest absolute Gasteiger partial charge is 0.262 e. The van der Waals surface area contributed by atoms with E-state index in [9.17, 15) is 13.2 Å². The molecule has 3 aromatic carbocycles. The second kappa shape index (κ2) is 11.7. The highest BCUT2D eigenvalue weighted by Gasteiger charge is 2.14. The van der Waals surface area contributed by atoms with Gasteiger partial charge in [0.25, 0.3) is 5.91 Å². The highest BCUT2D eigenvalue weighted by molar-refractivity contribution is 7.89. The Labute approximate surface area is 206 Å². The summed E-state index contributed by atoms with van der Waals surface area (Å²) in [5.41, 5.74) is 3.71. The molecule has 186 valence electrons. The number of sulfonamides is 1. The fourth-order valence-corrected chi connectivity index (χ4v) is 4.49. The minimum atomic E-state index is -3.70. The Hall–Kier alpha value is -3.56. The number of amides is 1. The van der Waals surface area contributed by atoms with Gasteiger partial charge in [-0.05, 0) is 73.9 Å². The van der Waals surface area contributed by atoms with Gasteiger partial charge < -0.3 is 19.5 Å². The Morgan fingerprint density at radius 1 is 0.886 bits per heavy atom. The van der Waals surface area contributed by atoms with Gasteiger partial charge in [0, 0.05) is 12.2 Å². The van der Waals surface area contributed by atoms with E-state index in [2.05, 4.69) is 10.0 Å². The molecule has 8 nitrogen and oxygen atoms in total. The minimum Gasteiger partial charge on any atom is -0.493 e. The van der Waals surface area contributed by atoms with Crippen LogP contribution in [0.25, 0.3) is 0 Å². The summed E-state index contributed by atoms with van der Waals surface area (Å²) in [6.45, 7) is 3.93. The first kappa shape index (κ1) is 26.1. The molecule has 35 heavy (non-hydrogen) atoms. The first-order valence-corrected chi connectivity index (χ1v) is 12.5. The van der Waals surface area contributed by atoms with Crippen molar-refractivity contribution in [2.75, 3.05) is 32.7 Å². The van der Waals surface area contributed by atoms with Crippen molar-refractivity contribution in [3.63, 3.8) is 0 Å². The van der Waals surface area contributed by atoms with E-state index in [0.717, 1.165) is 22.4 Å². The van der Waals surface area contributed by atoms with Gasteiger partial charge in [-0.1, -0.05) is 23.8 Å². The van der Waals surface area contributed by atoms with Crippen LogP contribution in [0.4, 0.5) is 5.69 Å². The van der Waals surface area contributed by atoms with Crippen molar-refractivity contribution in [3.05, 3.63) is 77.4 Å². The molecule has 0 heterocycles. The standard InChI is InChI=1S/C26H30N2O6S/c1-18-5-11-23(19(2)15-18)28-26(29)17-34-21-7-9-22(10-8-21)35(30,31)27-14-13-20-6-12-24(32-3)25(16-20)33-4/h5-12,15-16,27H,13-14,17H2,1-4H3,(H,28,29). The molecular formula is C26H30N2O6S. The molecule has 0 aromatic heterocycles. The number of hydrogen-bond acceptors (Lipinski definition) is 6. The summed E-state index contributed by atoms with van der Waals surface area (Å²) in [5, 5.41) is 2.81. The molecule has 0 unspecified atom stereocenters. The maximum Gasteiger partial charge on any atom is 0.262 e. The summed E-state index contributed by atoms with van der Waals surface area (Å²) < 4.78 is 43.8. The fourth-order valence-electron chi connectivity index (χ4n) is 3.45. The number of anilines is 1. The zero-order valence-electron chi connectivity index (χ0n) is 20.3. The Morgan fingerprint density at radius 2 is 1.60 bits per heavy atom. The van der Waals surface area contributed by atoms with E-state index in [1.807, 2.05) is 44.2 Å². The number of methoxy groups -OCH3 is 2. The van der Waals surface area contributed by atoms with Crippen molar-refractivity contribution < 1.29 is 27.4 Å². The molecule has 0 spiro atoms. The molecule has 0 bridgehead atoms. The lowest BCUT2D eigenvalue weighted by Gasteiger charge is -2.11. The van der Waals surface area contributed by atoms with Gasteiger partial charge in [0.2, 0.25) is 10.0 Å². The monoisotopic (exact) mass is 498 g/mol. The van der Waals surface area contributed by atoms with Gasteiger partial charge in [-0.3, -0.25) is 4.79 Å². The summed E-state index contributed by atoms with van der Waals surface area (Å²) in [5.74, 6) is 1.29.